The van der Waals surface area contributed by atoms with E-state index >= 15 is 0 Å². The van der Waals surface area contributed by atoms with Crippen molar-refractivity contribution in [3.05, 3.63) is 15.5 Å². The molecule has 1 heterocycles. The molecule has 1 aromatic heterocycles. The van der Waals surface area contributed by atoms with Crippen molar-refractivity contribution in [1.82, 2.24) is 9.78 Å². The fourth-order valence-corrected chi connectivity index (χ4v) is 1.57. The molecule has 1 aromatic rings. The van der Waals surface area contributed by atoms with Gasteiger partial charge in [-0.25, -0.2) is 0 Å². The predicted octanol–water partition coefficient (Wildman–Crippen LogP) is 3.26. The van der Waals surface area contributed by atoms with Gasteiger partial charge in [-0.3, -0.25) is 4.68 Å². The summed E-state index contributed by atoms with van der Waals surface area (Å²) in [7, 11) is 0. The number of hydrogen-bond acceptors (Lipinski definition) is 1. The minimum absolute atomic E-state index is 0.130. The van der Waals surface area contributed by atoms with Crippen LogP contribution < -0.4 is 0 Å². The Bertz CT molecular complexity index is 335. The summed E-state index contributed by atoms with van der Waals surface area (Å²) in [4.78, 5) is 0. The van der Waals surface area contributed by atoms with Gasteiger partial charge in [0.2, 0.25) is 0 Å². The van der Waals surface area contributed by atoms with Gasteiger partial charge in [0.25, 0.3) is 0 Å². The van der Waals surface area contributed by atoms with E-state index in [9.17, 15) is 13.2 Å². The smallest absolute Gasteiger partial charge is 0.266 e. The summed E-state index contributed by atoms with van der Waals surface area (Å²) in [6.07, 6.45) is -2.96. The summed E-state index contributed by atoms with van der Waals surface area (Å²) in [5.41, 5.74) is -1.24. The van der Waals surface area contributed by atoms with Gasteiger partial charge in [-0.15, -0.1) is 0 Å². The summed E-state index contributed by atoms with van der Waals surface area (Å²) in [5.74, 6) is 0. The van der Waals surface area contributed by atoms with Crippen LogP contribution in [0.1, 0.15) is 26.5 Å². The molecule has 80 valence electrons. The highest BCUT2D eigenvalue weighted by Crippen LogP contribution is 2.32. The van der Waals surface area contributed by atoms with Crippen molar-refractivity contribution in [2.75, 3.05) is 0 Å². The largest absolute Gasteiger partial charge is 0.436 e. The first-order valence-corrected chi connectivity index (χ1v) is 5.03. The third-order valence-corrected chi connectivity index (χ3v) is 2.41. The van der Waals surface area contributed by atoms with E-state index in [2.05, 4.69) is 5.10 Å². The average Bonchev–Trinajstić information content (AvgIpc) is 2.27. The van der Waals surface area contributed by atoms with Crippen molar-refractivity contribution in [2.24, 2.45) is 0 Å². The molecule has 2 nitrogen and oxygen atoms in total. The normalized spacial score (nSPS) is 13.4. The van der Waals surface area contributed by atoms with E-state index in [-0.39, 0.29) is 3.57 Å². The number of nitrogens with zero attached hydrogens (tertiary/aromatic N) is 2. The van der Waals surface area contributed by atoms with Gasteiger partial charge >= 0.3 is 6.18 Å². The van der Waals surface area contributed by atoms with E-state index in [1.807, 2.05) is 0 Å². The van der Waals surface area contributed by atoms with Crippen LogP contribution >= 0.6 is 22.6 Å². The molecule has 0 aromatic carbocycles. The Balaban J connectivity index is 3.19. The summed E-state index contributed by atoms with van der Waals surface area (Å²) < 4.78 is 38.6. The van der Waals surface area contributed by atoms with Crippen LogP contribution in [0.25, 0.3) is 0 Å². The molecule has 1 rings (SSSR count). The lowest BCUT2D eigenvalue weighted by molar-refractivity contribution is -0.142. The van der Waals surface area contributed by atoms with Gasteiger partial charge in [0.1, 0.15) is 0 Å². The van der Waals surface area contributed by atoms with Crippen molar-refractivity contribution in [2.45, 2.75) is 32.5 Å². The molecule has 0 saturated carbocycles. The molecule has 0 fully saturated rings. The molecule has 0 radical (unpaired) electrons. The molecule has 0 saturated heterocycles. The minimum atomic E-state index is -4.37. The van der Waals surface area contributed by atoms with Gasteiger partial charge in [-0.2, -0.15) is 18.3 Å². The Labute approximate surface area is 93.6 Å². The summed E-state index contributed by atoms with van der Waals surface area (Å²) >= 11 is 1.64. The Hall–Kier alpha value is -0.270. The van der Waals surface area contributed by atoms with Crippen LogP contribution in [-0.2, 0) is 11.7 Å². The first-order valence-electron chi connectivity index (χ1n) is 3.95. The topological polar surface area (TPSA) is 17.8 Å². The third kappa shape index (κ3) is 2.40. The number of rotatable bonds is 0. The van der Waals surface area contributed by atoms with Crippen LogP contribution in [0.4, 0.5) is 13.2 Å². The second kappa shape index (κ2) is 3.39. The first kappa shape index (κ1) is 11.8. The molecule has 0 aliphatic rings. The molecule has 0 N–H and O–H groups in total. The van der Waals surface area contributed by atoms with Crippen LogP contribution in [-0.4, -0.2) is 9.78 Å². The second-order valence-electron chi connectivity index (χ2n) is 3.94. The zero-order chi connectivity index (χ0) is 11.1. The molecule has 14 heavy (non-hydrogen) atoms. The standard InChI is InChI=1S/C8H10F3IN2/c1-7(2,3)14-4-5(12)6(13-14)8(9,10)11/h4H,1-3H3. The molecule has 0 atom stereocenters. The average molecular weight is 318 g/mol. The van der Waals surface area contributed by atoms with Crippen molar-refractivity contribution in [3.8, 4) is 0 Å². The lowest BCUT2D eigenvalue weighted by Crippen LogP contribution is -2.23. The van der Waals surface area contributed by atoms with Gasteiger partial charge in [0, 0.05) is 6.20 Å². The van der Waals surface area contributed by atoms with E-state index in [1.165, 1.54) is 10.9 Å². The summed E-state index contributed by atoms with van der Waals surface area (Å²) in [5, 5.41) is 3.54. The van der Waals surface area contributed by atoms with Crippen LogP contribution in [0.15, 0.2) is 6.20 Å². The maximum absolute atomic E-state index is 12.4. The fourth-order valence-electron chi connectivity index (χ4n) is 0.889. The molecule has 0 aliphatic carbocycles. The Morgan fingerprint density at radius 2 is 1.79 bits per heavy atom. The minimum Gasteiger partial charge on any atom is -0.266 e. The van der Waals surface area contributed by atoms with Crippen LogP contribution in [0, 0.1) is 3.57 Å². The zero-order valence-corrected chi connectivity index (χ0v) is 10.1. The zero-order valence-electron chi connectivity index (χ0n) is 7.98. The van der Waals surface area contributed by atoms with Gasteiger partial charge in [-0.05, 0) is 43.4 Å². The van der Waals surface area contributed by atoms with Gasteiger partial charge < -0.3 is 0 Å². The third-order valence-electron chi connectivity index (χ3n) is 1.63. The first-order chi connectivity index (χ1) is 6.12. The number of aromatic nitrogens is 2. The van der Waals surface area contributed by atoms with E-state index < -0.39 is 17.4 Å². The highest BCUT2D eigenvalue weighted by molar-refractivity contribution is 14.1. The summed E-state index contributed by atoms with van der Waals surface area (Å²) in [6.45, 7) is 5.41. The number of hydrogen-bond donors (Lipinski definition) is 0. The lowest BCUT2D eigenvalue weighted by atomic mass is 10.1. The van der Waals surface area contributed by atoms with E-state index in [4.69, 9.17) is 0 Å². The number of alkyl halides is 3. The van der Waals surface area contributed by atoms with E-state index in [1.54, 1.807) is 43.4 Å². The highest BCUT2D eigenvalue weighted by Gasteiger charge is 2.37. The fraction of sp³-hybridized carbons (Fsp3) is 0.625. The van der Waals surface area contributed by atoms with Gasteiger partial charge in [-0.1, -0.05) is 0 Å². The molecule has 0 aliphatic heterocycles. The SMILES string of the molecule is CC(C)(C)n1cc(I)c(C(F)(F)F)n1. The second-order valence-corrected chi connectivity index (χ2v) is 5.10. The summed E-state index contributed by atoms with van der Waals surface area (Å²) in [6, 6.07) is 0. The van der Waals surface area contributed by atoms with E-state index in [0.29, 0.717) is 0 Å². The van der Waals surface area contributed by atoms with Crippen LogP contribution in [0.2, 0.25) is 0 Å². The monoisotopic (exact) mass is 318 g/mol. The Morgan fingerprint density at radius 3 is 2.00 bits per heavy atom. The van der Waals surface area contributed by atoms with Crippen LogP contribution in [0.5, 0.6) is 0 Å². The van der Waals surface area contributed by atoms with Crippen molar-refractivity contribution in [1.29, 1.82) is 0 Å². The molecule has 0 bridgehead atoms. The maximum atomic E-state index is 12.4. The quantitative estimate of drug-likeness (QED) is 0.672. The molecule has 0 amide bonds. The molecule has 0 spiro atoms. The molecule has 6 heteroatoms. The predicted molar refractivity (Wildman–Crippen MR) is 54.9 cm³/mol. The van der Waals surface area contributed by atoms with E-state index in [0.717, 1.165) is 0 Å². The van der Waals surface area contributed by atoms with Crippen molar-refractivity contribution >= 4 is 22.6 Å². The Kier molecular flexibility index (Phi) is 2.86. The highest BCUT2D eigenvalue weighted by atomic mass is 127. The molecular weight excluding hydrogens is 308 g/mol. The van der Waals surface area contributed by atoms with Gasteiger partial charge in [0.05, 0.1) is 9.11 Å². The molecular formula is C8H10F3IN2. The molecule has 0 unspecified atom stereocenters. The number of halogens is 4. The Morgan fingerprint density at radius 1 is 1.29 bits per heavy atom. The van der Waals surface area contributed by atoms with Gasteiger partial charge in [0.15, 0.2) is 5.69 Å². The van der Waals surface area contributed by atoms with Crippen LogP contribution in [0.3, 0.4) is 0 Å². The lowest BCUT2D eigenvalue weighted by Gasteiger charge is -2.18. The maximum Gasteiger partial charge on any atom is 0.436 e. The van der Waals surface area contributed by atoms with Crippen molar-refractivity contribution in [3.63, 3.8) is 0 Å². The van der Waals surface area contributed by atoms with Crippen molar-refractivity contribution < 1.29 is 13.2 Å².